The summed E-state index contributed by atoms with van der Waals surface area (Å²) in [5.74, 6) is -0.831. The van der Waals surface area contributed by atoms with Crippen LogP contribution in [0.15, 0.2) is 54.6 Å². The van der Waals surface area contributed by atoms with E-state index < -0.39 is 6.10 Å². The number of amides is 2. The van der Waals surface area contributed by atoms with Crippen molar-refractivity contribution < 1.29 is 14.7 Å². The molecule has 2 atom stereocenters. The lowest BCUT2D eigenvalue weighted by atomic mass is 10.1. The molecule has 1 saturated carbocycles. The van der Waals surface area contributed by atoms with Crippen molar-refractivity contribution in [1.29, 1.82) is 0 Å². The highest BCUT2D eigenvalue weighted by Crippen LogP contribution is 2.28. The van der Waals surface area contributed by atoms with Gasteiger partial charge in [0, 0.05) is 5.56 Å². The summed E-state index contributed by atoms with van der Waals surface area (Å²) >= 11 is 0. The Morgan fingerprint density at radius 2 is 1.50 bits per heavy atom. The number of aliphatic hydroxyl groups is 1. The maximum absolute atomic E-state index is 12.3. The SMILES string of the molecule is O=C(Nc1ccccc1NC(=O)C1CCCC1O)c1ccccc1. The summed E-state index contributed by atoms with van der Waals surface area (Å²) in [7, 11) is 0. The first-order valence-corrected chi connectivity index (χ1v) is 8.09. The van der Waals surface area contributed by atoms with E-state index in [0.29, 0.717) is 29.8 Å². The number of carbonyl (C=O) groups is 2. The molecule has 1 fully saturated rings. The molecular weight excluding hydrogens is 304 g/mol. The van der Waals surface area contributed by atoms with Gasteiger partial charge in [0.15, 0.2) is 0 Å². The fourth-order valence-electron chi connectivity index (χ4n) is 2.96. The van der Waals surface area contributed by atoms with Crippen LogP contribution < -0.4 is 10.6 Å². The van der Waals surface area contributed by atoms with Crippen molar-refractivity contribution in [1.82, 2.24) is 0 Å². The van der Waals surface area contributed by atoms with E-state index in [4.69, 9.17) is 0 Å². The summed E-state index contributed by atoms with van der Waals surface area (Å²) < 4.78 is 0. The fourth-order valence-corrected chi connectivity index (χ4v) is 2.96. The summed E-state index contributed by atoms with van der Waals surface area (Å²) in [6.07, 6.45) is 1.61. The Morgan fingerprint density at radius 3 is 2.12 bits per heavy atom. The average molecular weight is 324 g/mol. The molecule has 3 rings (SSSR count). The molecule has 2 unspecified atom stereocenters. The summed E-state index contributed by atoms with van der Waals surface area (Å²) in [5, 5.41) is 15.5. The molecule has 0 spiro atoms. The number of hydrogen-bond donors (Lipinski definition) is 3. The van der Waals surface area contributed by atoms with Gasteiger partial charge in [-0.05, 0) is 43.5 Å². The predicted octanol–water partition coefficient (Wildman–Crippen LogP) is 3.04. The molecule has 2 amide bonds. The highest BCUT2D eigenvalue weighted by atomic mass is 16.3. The lowest BCUT2D eigenvalue weighted by molar-refractivity contribution is -0.122. The minimum absolute atomic E-state index is 0.207. The summed E-state index contributed by atoms with van der Waals surface area (Å²) in [6, 6.07) is 15.9. The molecule has 0 radical (unpaired) electrons. The van der Waals surface area contributed by atoms with Gasteiger partial charge in [-0.2, -0.15) is 0 Å². The molecule has 0 saturated heterocycles. The standard InChI is InChI=1S/C19H20N2O3/c22-17-12-6-9-14(17)19(24)21-16-11-5-4-10-15(16)20-18(23)13-7-2-1-3-8-13/h1-5,7-8,10-11,14,17,22H,6,9,12H2,(H,20,23)(H,21,24). The van der Waals surface area contributed by atoms with Crippen LogP contribution in [-0.4, -0.2) is 23.0 Å². The molecule has 124 valence electrons. The molecule has 1 aliphatic carbocycles. The van der Waals surface area contributed by atoms with Crippen molar-refractivity contribution in [2.24, 2.45) is 5.92 Å². The van der Waals surface area contributed by atoms with Gasteiger partial charge >= 0.3 is 0 Å². The maximum atomic E-state index is 12.3. The Kier molecular flexibility index (Phi) is 4.91. The van der Waals surface area contributed by atoms with E-state index in [1.807, 2.05) is 6.07 Å². The zero-order valence-electron chi connectivity index (χ0n) is 13.2. The smallest absolute Gasteiger partial charge is 0.255 e. The second-order valence-corrected chi connectivity index (χ2v) is 5.96. The molecule has 0 heterocycles. The minimum Gasteiger partial charge on any atom is -0.392 e. The fraction of sp³-hybridized carbons (Fsp3) is 0.263. The van der Waals surface area contributed by atoms with Crippen molar-refractivity contribution in [2.45, 2.75) is 25.4 Å². The molecule has 2 aromatic carbocycles. The second kappa shape index (κ2) is 7.27. The lowest BCUT2D eigenvalue weighted by Crippen LogP contribution is -2.29. The number of anilines is 2. The topological polar surface area (TPSA) is 78.4 Å². The number of para-hydroxylation sites is 2. The first-order valence-electron chi connectivity index (χ1n) is 8.09. The predicted molar refractivity (Wildman–Crippen MR) is 92.8 cm³/mol. The van der Waals surface area contributed by atoms with Crippen LogP contribution in [0.4, 0.5) is 11.4 Å². The third-order valence-corrected chi connectivity index (χ3v) is 4.29. The first kappa shape index (κ1) is 16.2. The third-order valence-electron chi connectivity index (χ3n) is 4.29. The van der Waals surface area contributed by atoms with E-state index in [2.05, 4.69) is 10.6 Å². The van der Waals surface area contributed by atoms with Crippen LogP contribution in [0.1, 0.15) is 29.6 Å². The van der Waals surface area contributed by atoms with Crippen LogP contribution in [-0.2, 0) is 4.79 Å². The van der Waals surface area contributed by atoms with Gasteiger partial charge in [0.05, 0.1) is 23.4 Å². The highest BCUT2D eigenvalue weighted by Gasteiger charge is 2.31. The van der Waals surface area contributed by atoms with Crippen LogP contribution in [0, 0.1) is 5.92 Å². The number of nitrogens with one attached hydrogen (secondary N) is 2. The quantitative estimate of drug-likeness (QED) is 0.809. The summed E-state index contributed by atoms with van der Waals surface area (Å²) in [6.45, 7) is 0. The molecule has 24 heavy (non-hydrogen) atoms. The van der Waals surface area contributed by atoms with Crippen molar-refractivity contribution >= 4 is 23.2 Å². The summed E-state index contributed by atoms with van der Waals surface area (Å²) in [5.41, 5.74) is 1.61. The Bertz CT molecular complexity index is 730. The number of carbonyl (C=O) groups excluding carboxylic acids is 2. The molecule has 1 aliphatic rings. The largest absolute Gasteiger partial charge is 0.392 e. The molecule has 5 nitrogen and oxygen atoms in total. The number of hydrogen-bond acceptors (Lipinski definition) is 3. The van der Waals surface area contributed by atoms with E-state index in [0.717, 1.165) is 6.42 Å². The molecule has 2 aromatic rings. The molecular formula is C19H20N2O3. The minimum atomic E-state index is -0.587. The van der Waals surface area contributed by atoms with E-state index in [1.165, 1.54) is 0 Å². The molecule has 5 heteroatoms. The van der Waals surface area contributed by atoms with Gasteiger partial charge in [-0.1, -0.05) is 30.3 Å². The van der Waals surface area contributed by atoms with Crippen LogP contribution >= 0.6 is 0 Å². The van der Waals surface area contributed by atoms with Gasteiger partial charge in [-0.25, -0.2) is 0 Å². The highest BCUT2D eigenvalue weighted by molar-refractivity contribution is 6.07. The van der Waals surface area contributed by atoms with Crippen LogP contribution in [0.5, 0.6) is 0 Å². The zero-order chi connectivity index (χ0) is 16.9. The Morgan fingerprint density at radius 1 is 0.875 bits per heavy atom. The van der Waals surface area contributed by atoms with E-state index >= 15 is 0 Å². The van der Waals surface area contributed by atoms with Gasteiger partial charge < -0.3 is 15.7 Å². The third kappa shape index (κ3) is 3.63. The van der Waals surface area contributed by atoms with Crippen molar-refractivity contribution in [3.63, 3.8) is 0 Å². The number of aliphatic hydroxyl groups excluding tert-OH is 1. The van der Waals surface area contributed by atoms with Gasteiger partial charge in [0.1, 0.15) is 0 Å². The van der Waals surface area contributed by atoms with E-state index in [-0.39, 0.29) is 17.7 Å². The Labute approximate surface area is 140 Å². The van der Waals surface area contributed by atoms with Crippen molar-refractivity contribution in [3.8, 4) is 0 Å². The monoisotopic (exact) mass is 324 g/mol. The van der Waals surface area contributed by atoms with Crippen molar-refractivity contribution in [2.75, 3.05) is 10.6 Å². The van der Waals surface area contributed by atoms with Crippen LogP contribution in [0.2, 0.25) is 0 Å². The number of benzene rings is 2. The van der Waals surface area contributed by atoms with E-state index in [9.17, 15) is 14.7 Å². The van der Waals surface area contributed by atoms with Gasteiger partial charge in [0.25, 0.3) is 5.91 Å². The average Bonchev–Trinajstić information content (AvgIpc) is 3.03. The van der Waals surface area contributed by atoms with Gasteiger partial charge in [-0.15, -0.1) is 0 Å². The van der Waals surface area contributed by atoms with Crippen LogP contribution in [0.25, 0.3) is 0 Å². The van der Waals surface area contributed by atoms with Crippen LogP contribution in [0.3, 0.4) is 0 Å². The zero-order valence-corrected chi connectivity index (χ0v) is 13.2. The molecule has 0 bridgehead atoms. The second-order valence-electron chi connectivity index (χ2n) is 5.96. The lowest BCUT2D eigenvalue weighted by Gasteiger charge is -2.17. The van der Waals surface area contributed by atoms with E-state index in [1.54, 1.807) is 48.5 Å². The molecule has 3 N–H and O–H groups in total. The Balaban J connectivity index is 1.73. The summed E-state index contributed by atoms with van der Waals surface area (Å²) in [4.78, 5) is 24.6. The van der Waals surface area contributed by atoms with Gasteiger partial charge in [-0.3, -0.25) is 9.59 Å². The molecule has 0 aromatic heterocycles. The number of rotatable bonds is 4. The van der Waals surface area contributed by atoms with Gasteiger partial charge in [0.2, 0.25) is 5.91 Å². The molecule has 0 aliphatic heterocycles. The maximum Gasteiger partial charge on any atom is 0.255 e. The van der Waals surface area contributed by atoms with Crippen molar-refractivity contribution in [3.05, 3.63) is 60.2 Å². The first-order chi connectivity index (χ1) is 11.6. The Hall–Kier alpha value is -2.66. The normalized spacial score (nSPS) is 19.7.